The zero-order chi connectivity index (χ0) is 14.2. The van der Waals surface area contributed by atoms with Crippen molar-refractivity contribution in [1.29, 1.82) is 0 Å². The summed E-state index contributed by atoms with van der Waals surface area (Å²) in [5.41, 5.74) is 1.57. The molecule has 4 nitrogen and oxygen atoms in total. The normalized spacial score (nSPS) is 18.3. The summed E-state index contributed by atoms with van der Waals surface area (Å²) in [5, 5.41) is 1.62. The van der Waals surface area contributed by atoms with Crippen LogP contribution in [0.4, 0.5) is 5.69 Å². The second-order valence-corrected chi connectivity index (χ2v) is 6.22. The number of allylic oxidation sites excluding steroid dienone is 3. The van der Waals surface area contributed by atoms with Crippen molar-refractivity contribution in [2.75, 3.05) is 11.4 Å². The van der Waals surface area contributed by atoms with Gasteiger partial charge in [-0.15, -0.1) is 0 Å². The van der Waals surface area contributed by atoms with Crippen molar-refractivity contribution < 1.29 is 13.2 Å². The molecule has 0 aliphatic carbocycles. The van der Waals surface area contributed by atoms with E-state index in [1.54, 1.807) is 45.2 Å². The number of nitrogens with zero attached hydrogens (tertiary/aromatic N) is 1. The van der Waals surface area contributed by atoms with Crippen LogP contribution < -0.4 is 9.04 Å². The number of sulfonamides is 1. The maximum atomic E-state index is 12.2. The lowest BCUT2D eigenvalue weighted by atomic mass is 10.2. The van der Waals surface area contributed by atoms with Gasteiger partial charge in [0.2, 0.25) is 0 Å². The van der Waals surface area contributed by atoms with E-state index in [2.05, 4.69) is 0 Å². The Morgan fingerprint density at radius 3 is 2.26 bits per heavy atom. The third-order valence-electron chi connectivity index (χ3n) is 2.86. The summed E-state index contributed by atoms with van der Waals surface area (Å²) in [7, 11) is -1.98. The summed E-state index contributed by atoms with van der Waals surface area (Å²) >= 11 is 6.13. The highest BCUT2D eigenvalue weighted by molar-refractivity contribution is 7.95. The molecule has 0 radical (unpaired) electrons. The second-order valence-electron chi connectivity index (χ2n) is 4.21. The summed E-state index contributed by atoms with van der Waals surface area (Å²) in [6, 6.07) is 6.77. The van der Waals surface area contributed by atoms with Crippen LogP contribution in [0.1, 0.15) is 13.8 Å². The standard InChI is InChI=1S/C13H14ClNO3S/c1-9-8-19(16,17)15(10(2)13(9)14)11-4-6-12(18-3)7-5-11/h4-8H,1-3H3. The average Bonchev–Trinajstić information content (AvgIpc) is 2.36. The summed E-state index contributed by atoms with van der Waals surface area (Å²) < 4.78 is 30.7. The minimum absolute atomic E-state index is 0.450. The first-order chi connectivity index (χ1) is 8.86. The van der Waals surface area contributed by atoms with Gasteiger partial charge in [-0.2, -0.15) is 0 Å². The van der Waals surface area contributed by atoms with Gasteiger partial charge in [0.05, 0.1) is 28.9 Å². The van der Waals surface area contributed by atoms with E-state index in [0.29, 0.717) is 27.7 Å². The summed E-state index contributed by atoms with van der Waals surface area (Å²) in [6.45, 7) is 3.36. The first-order valence-corrected chi connectivity index (χ1v) is 7.49. The molecule has 1 aromatic carbocycles. The first-order valence-electron chi connectivity index (χ1n) is 5.61. The van der Waals surface area contributed by atoms with Gasteiger partial charge in [0.25, 0.3) is 10.0 Å². The lowest BCUT2D eigenvalue weighted by Crippen LogP contribution is -2.30. The monoisotopic (exact) mass is 299 g/mol. The van der Waals surface area contributed by atoms with Crippen LogP contribution in [0, 0.1) is 0 Å². The van der Waals surface area contributed by atoms with Gasteiger partial charge in [0.1, 0.15) is 5.75 Å². The van der Waals surface area contributed by atoms with Crippen LogP contribution >= 0.6 is 11.6 Å². The lowest BCUT2D eigenvalue weighted by Gasteiger charge is -2.28. The van der Waals surface area contributed by atoms with E-state index < -0.39 is 10.0 Å². The maximum Gasteiger partial charge on any atom is 0.261 e. The van der Waals surface area contributed by atoms with Gasteiger partial charge in [-0.3, -0.25) is 0 Å². The third kappa shape index (κ3) is 2.48. The molecule has 0 fully saturated rings. The average molecular weight is 300 g/mol. The third-order valence-corrected chi connectivity index (χ3v) is 5.07. The predicted molar refractivity (Wildman–Crippen MR) is 76.7 cm³/mol. The molecule has 0 bridgehead atoms. The number of anilines is 1. The van der Waals surface area contributed by atoms with Crippen molar-refractivity contribution in [3.05, 3.63) is 46.0 Å². The molecule has 0 saturated carbocycles. The predicted octanol–water partition coefficient (Wildman–Crippen LogP) is 3.22. The highest BCUT2D eigenvalue weighted by Crippen LogP contribution is 2.35. The SMILES string of the molecule is COc1ccc(N2C(C)=C(Cl)C(C)=CS2(=O)=O)cc1. The van der Waals surface area contributed by atoms with Gasteiger partial charge in [-0.25, -0.2) is 12.7 Å². The molecule has 0 aromatic heterocycles. The molecule has 1 heterocycles. The minimum Gasteiger partial charge on any atom is -0.497 e. The van der Waals surface area contributed by atoms with Crippen LogP contribution in [-0.2, 0) is 10.0 Å². The van der Waals surface area contributed by atoms with E-state index in [4.69, 9.17) is 16.3 Å². The maximum absolute atomic E-state index is 12.2. The van der Waals surface area contributed by atoms with Crippen LogP contribution in [-0.4, -0.2) is 15.5 Å². The number of rotatable bonds is 2. The fraction of sp³-hybridized carbons (Fsp3) is 0.231. The van der Waals surface area contributed by atoms with Crippen molar-refractivity contribution >= 4 is 27.3 Å². The van der Waals surface area contributed by atoms with E-state index in [1.165, 1.54) is 9.71 Å². The Hall–Kier alpha value is -1.46. The number of benzene rings is 1. The number of hydrogen-bond acceptors (Lipinski definition) is 3. The first kappa shape index (κ1) is 14.0. The molecule has 1 aliphatic rings. The fourth-order valence-electron chi connectivity index (χ4n) is 1.95. The Labute approximate surface area is 118 Å². The van der Waals surface area contributed by atoms with Crippen molar-refractivity contribution in [1.82, 2.24) is 0 Å². The quantitative estimate of drug-likeness (QED) is 0.842. The second kappa shape index (κ2) is 4.90. The summed E-state index contributed by atoms with van der Waals surface area (Å²) in [6.07, 6.45) is 0. The van der Waals surface area contributed by atoms with Crippen molar-refractivity contribution in [2.45, 2.75) is 13.8 Å². The molecular weight excluding hydrogens is 286 g/mol. The lowest BCUT2D eigenvalue weighted by molar-refractivity contribution is 0.415. The van der Waals surface area contributed by atoms with Crippen LogP contribution in [0.15, 0.2) is 46.0 Å². The molecule has 102 valence electrons. The largest absolute Gasteiger partial charge is 0.497 e. The molecule has 1 aliphatic heterocycles. The van der Waals surface area contributed by atoms with Gasteiger partial charge in [-0.1, -0.05) is 11.6 Å². The molecule has 0 spiro atoms. The summed E-state index contributed by atoms with van der Waals surface area (Å²) in [4.78, 5) is 0. The molecule has 19 heavy (non-hydrogen) atoms. The molecule has 2 rings (SSSR count). The van der Waals surface area contributed by atoms with E-state index in [9.17, 15) is 8.42 Å². The van der Waals surface area contributed by atoms with E-state index >= 15 is 0 Å². The fourth-order valence-corrected chi connectivity index (χ4v) is 3.76. The zero-order valence-corrected chi connectivity index (χ0v) is 12.4. The number of hydrogen-bond donors (Lipinski definition) is 0. The summed E-state index contributed by atoms with van der Waals surface area (Å²) in [5.74, 6) is 0.664. The molecular formula is C13H14ClNO3S. The van der Waals surface area contributed by atoms with Crippen molar-refractivity contribution in [3.8, 4) is 5.75 Å². The Bertz CT molecular complexity index is 660. The van der Waals surface area contributed by atoms with E-state index in [1.807, 2.05) is 0 Å². The molecule has 0 N–H and O–H groups in total. The highest BCUT2D eigenvalue weighted by atomic mass is 35.5. The Balaban J connectivity index is 2.54. The smallest absolute Gasteiger partial charge is 0.261 e. The van der Waals surface area contributed by atoms with E-state index in [0.717, 1.165) is 0 Å². The topological polar surface area (TPSA) is 46.6 Å². The van der Waals surface area contributed by atoms with Crippen LogP contribution in [0.25, 0.3) is 0 Å². The molecule has 0 unspecified atom stereocenters. The van der Waals surface area contributed by atoms with Gasteiger partial charge in [-0.05, 0) is 43.7 Å². The van der Waals surface area contributed by atoms with Gasteiger partial charge < -0.3 is 4.74 Å². The molecule has 6 heteroatoms. The van der Waals surface area contributed by atoms with Gasteiger partial charge in [0.15, 0.2) is 0 Å². The molecule has 0 amide bonds. The molecule has 0 saturated heterocycles. The molecule has 1 aromatic rings. The number of ether oxygens (including phenoxy) is 1. The minimum atomic E-state index is -3.54. The number of methoxy groups -OCH3 is 1. The van der Waals surface area contributed by atoms with Crippen LogP contribution in [0.3, 0.4) is 0 Å². The number of halogens is 1. The van der Waals surface area contributed by atoms with Gasteiger partial charge in [0, 0.05) is 0 Å². The zero-order valence-electron chi connectivity index (χ0n) is 10.8. The Morgan fingerprint density at radius 1 is 1.16 bits per heavy atom. The van der Waals surface area contributed by atoms with Crippen molar-refractivity contribution in [2.24, 2.45) is 0 Å². The molecule has 0 atom stereocenters. The Morgan fingerprint density at radius 2 is 1.74 bits per heavy atom. The van der Waals surface area contributed by atoms with Crippen LogP contribution in [0.5, 0.6) is 5.75 Å². The Kier molecular flexibility index (Phi) is 3.60. The van der Waals surface area contributed by atoms with Crippen LogP contribution in [0.2, 0.25) is 0 Å². The highest BCUT2D eigenvalue weighted by Gasteiger charge is 2.29. The van der Waals surface area contributed by atoms with E-state index in [-0.39, 0.29) is 0 Å². The van der Waals surface area contributed by atoms with Crippen molar-refractivity contribution in [3.63, 3.8) is 0 Å². The van der Waals surface area contributed by atoms with Gasteiger partial charge >= 0.3 is 0 Å².